The Bertz CT molecular complexity index is 762. The van der Waals surface area contributed by atoms with Gasteiger partial charge in [0.25, 0.3) is 0 Å². The van der Waals surface area contributed by atoms with E-state index in [9.17, 15) is 8.42 Å². The van der Waals surface area contributed by atoms with Crippen molar-refractivity contribution in [2.24, 2.45) is 0 Å². The Morgan fingerprint density at radius 2 is 1.96 bits per heavy atom. The Morgan fingerprint density at radius 1 is 1.25 bits per heavy atom. The molecule has 130 valence electrons. The summed E-state index contributed by atoms with van der Waals surface area (Å²) >= 11 is 0. The molecule has 0 unspecified atom stereocenters. The van der Waals surface area contributed by atoms with Gasteiger partial charge in [0.2, 0.25) is 10.0 Å². The van der Waals surface area contributed by atoms with E-state index in [1.165, 1.54) is 12.8 Å². The topological polar surface area (TPSA) is 81.4 Å². The van der Waals surface area contributed by atoms with E-state index < -0.39 is 10.0 Å². The standard InChI is InChI=1S/C17H22N2O4S/c1-13-12-18-17(22-13)10-11-19-24(20,21)16-8-6-15(7-9-16)23-14-4-2-3-5-14/h6-9,12,14,19H,2-5,10-11H2,1H3. The van der Waals surface area contributed by atoms with E-state index in [0.717, 1.165) is 18.6 Å². The van der Waals surface area contributed by atoms with Crippen LogP contribution in [0.1, 0.15) is 37.3 Å². The smallest absolute Gasteiger partial charge is 0.240 e. The molecule has 0 radical (unpaired) electrons. The number of rotatable bonds is 7. The molecule has 1 N–H and O–H groups in total. The molecule has 1 aromatic heterocycles. The molecule has 1 fully saturated rings. The van der Waals surface area contributed by atoms with Crippen LogP contribution in [0.25, 0.3) is 0 Å². The molecule has 1 saturated carbocycles. The summed E-state index contributed by atoms with van der Waals surface area (Å²) in [4.78, 5) is 4.28. The molecule has 0 atom stereocenters. The summed E-state index contributed by atoms with van der Waals surface area (Å²) in [5.41, 5.74) is 0. The van der Waals surface area contributed by atoms with Gasteiger partial charge in [-0.15, -0.1) is 0 Å². The number of nitrogens with zero attached hydrogens (tertiary/aromatic N) is 1. The van der Waals surface area contributed by atoms with Crippen molar-refractivity contribution in [1.82, 2.24) is 9.71 Å². The second-order valence-corrected chi connectivity index (χ2v) is 7.78. The van der Waals surface area contributed by atoms with E-state index in [4.69, 9.17) is 9.15 Å². The van der Waals surface area contributed by atoms with Crippen LogP contribution < -0.4 is 9.46 Å². The van der Waals surface area contributed by atoms with Crippen molar-refractivity contribution in [2.75, 3.05) is 6.54 Å². The number of aryl methyl sites for hydroxylation is 1. The summed E-state index contributed by atoms with van der Waals surface area (Å²) in [5, 5.41) is 0. The zero-order chi connectivity index (χ0) is 17.0. The Hall–Kier alpha value is -1.86. The number of hydrogen-bond acceptors (Lipinski definition) is 5. The van der Waals surface area contributed by atoms with Gasteiger partial charge in [0, 0.05) is 13.0 Å². The maximum absolute atomic E-state index is 12.3. The molecule has 24 heavy (non-hydrogen) atoms. The van der Waals surface area contributed by atoms with Gasteiger partial charge in [-0.3, -0.25) is 0 Å². The molecule has 7 heteroatoms. The fourth-order valence-electron chi connectivity index (χ4n) is 2.79. The predicted octanol–water partition coefficient (Wildman–Crippen LogP) is 2.83. The van der Waals surface area contributed by atoms with Crippen LogP contribution in [-0.2, 0) is 16.4 Å². The van der Waals surface area contributed by atoms with Crippen molar-refractivity contribution in [2.45, 2.75) is 50.0 Å². The Balaban J connectivity index is 1.55. The average Bonchev–Trinajstić information content (AvgIpc) is 3.20. The Labute approximate surface area is 142 Å². The highest BCUT2D eigenvalue weighted by molar-refractivity contribution is 7.89. The van der Waals surface area contributed by atoms with Crippen LogP contribution in [-0.4, -0.2) is 26.1 Å². The van der Waals surface area contributed by atoms with Crippen molar-refractivity contribution in [3.63, 3.8) is 0 Å². The molecule has 0 spiro atoms. The molecule has 1 aliphatic carbocycles. The van der Waals surface area contributed by atoms with Crippen LogP contribution in [0, 0.1) is 6.92 Å². The lowest BCUT2D eigenvalue weighted by molar-refractivity contribution is 0.210. The van der Waals surface area contributed by atoms with Crippen LogP contribution in [0.2, 0.25) is 0 Å². The number of hydrogen-bond donors (Lipinski definition) is 1. The number of benzene rings is 1. The summed E-state index contributed by atoms with van der Waals surface area (Å²) in [6.07, 6.45) is 6.83. The molecular formula is C17H22N2O4S. The second-order valence-electron chi connectivity index (χ2n) is 6.01. The summed E-state index contributed by atoms with van der Waals surface area (Å²) < 4.78 is 38.3. The number of ether oxygens (including phenoxy) is 1. The van der Waals surface area contributed by atoms with Crippen molar-refractivity contribution >= 4 is 10.0 Å². The van der Waals surface area contributed by atoms with Crippen LogP contribution in [0.4, 0.5) is 0 Å². The van der Waals surface area contributed by atoms with Gasteiger partial charge in [0.05, 0.1) is 17.2 Å². The summed E-state index contributed by atoms with van der Waals surface area (Å²) in [7, 11) is -3.54. The fourth-order valence-corrected chi connectivity index (χ4v) is 3.82. The number of sulfonamides is 1. The van der Waals surface area contributed by atoms with Gasteiger partial charge < -0.3 is 9.15 Å². The van der Waals surface area contributed by atoms with Gasteiger partial charge in [-0.25, -0.2) is 18.1 Å². The van der Waals surface area contributed by atoms with E-state index in [1.807, 2.05) is 0 Å². The van der Waals surface area contributed by atoms with Crippen LogP contribution in [0.3, 0.4) is 0 Å². The van der Waals surface area contributed by atoms with Crippen molar-refractivity contribution in [1.29, 1.82) is 0 Å². The van der Waals surface area contributed by atoms with E-state index in [0.29, 0.717) is 18.1 Å². The van der Waals surface area contributed by atoms with Crippen LogP contribution in [0.15, 0.2) is 39.8 Å². The average molecular weight is 350 g/mol. The van der Waals surface area contributed by atoms with Crippen molar-refractivity contribution in [3.8, 4) is 5.75 Å². The van der Waals surface area contributed by atoms with Gasteiger partial charge in [-0.2, -0.15) is 0 Å². The van der Waals surface area contributed by atoms with Gasteiger partial charge in [-0.1, -0.05) is 0 Å². The quantitative estimate of drug-likeness (QED) is 0.830. The van der Waals surface area contributed by atoms with E-state index in [1.54, 1.807) is 37.4 Å². The van der Waals surface area contributed by atoms with Crippen LogP contribution in [0.5, 0.6) is 5.75 Å². The normalized spacial score (nSPS) is 15.7. The highest BCUT2D eigenvalue weighted by Crippen LogP contribution is 2.24. The highest BCUT2D eigenvalue weighted by Gasteiger charge is 2.18. The molecule has 1 heterocycles. The second kappa shape index (κ2) is 7.36. The van der Waals surface area contributed by atoms with E-state index in [2.05, 4.69) is 9.71 Å². The third-order valence-corrected chi connectivity index (χ3v) is 5.52. The molecule has 0 bridgehead atoms. The lowest BCUT2D eigenvalue weighted by Crippen LogP contribution is -2.26. The van der Waals surface area contributed by atoms with E-state index in [-0.39, 0.29) is 17.5 Å². The first-order chi connectivity index (χ1) is 11.5. The molecule has 1 aromatic carbocycles. The first-order valence-corrected chi connectivity index (χ1v) is 9.69. The molecule has 0 saturated heterocycles. The fraction of sp³-hybridized carbons (Fsp3) is 0.471. The number of aromatic nitrogens is 1. The predicted molar refractivity (Wildman–Crippen MR) is 89.5 cm³/mol. The first-order valence-electron chi connectivity index (χ1n) is 8.21. The molecule has 1 aliphatic rings. The number of oxazole rings is 1. The minimum absolute atomic E-state index is 0.227. The first kappa shape index (κ1) is 17.0. The largest absolute Gasteiger partial charge is 0.490 e. The molecule has 2 aromatic rings. The van der Waals surface area contributed by atoms with E-state index >= 15 is 0 Å². The Morgan fingerprint density at radius 3 is 2.58 bits per heavy atom. The highest BCUT2D eigenvalue weighted by atomic mass is 32.2. The zero-order valence-corrected chi connectivity index (χ0v) is 14.5. The SMILES string of the molecule is Cc1cnc(CCNS(=O)(=O)c2ccc(OC3CCCC3)cc2)o1. The third kappa shape index (κ3) is 4.36. The van der Waals surface area contributed by atoms with Crippen molar-refractivity contribution < 1.29 is 17.6 Å². The molecule has 6 nitrogen and oxygen atoms in total. The lowest BCUT2D eigenvalue weighted by atomic mass is 10.3. The van der Waals surface area contributed by atoms with Gasteiger partial charge >= 0.3 is 0 Å². The Kier molecular flexibility index (Phi) is 5.20. The summed E-state index contributed by atoms with van der Waals surface area (Å²) in [6, 6.07) is 6.57. The minimum atomic E-state index is -3.54. The maximum atomic E-state index is 12.3. The maximum Gasteiger partial charge on any atom is 0.240 e. The van der Waals surface area contributed by atoms with Crippen molar-refractivity contribution in [3.05, 3.63) is 42.1 Å². The number of nitrogens with one attached hydrogen (secondary N) is 1. The monoisotopic (exact) mass is 350 g/mol. The summed E-state index contributed by atoms with van der Waals surface area (Å²) in [5.74, 6) is 1.96. The molecular weight excluding hydrogens is 328 g/mol. The van der Waals surface area contributed by atoms with Gasteiger partial charge in [-0.05, 0) is 56.9 Å². The molecule has 0 aliphatic heterocycles. The minimum Gasteiger partial charge on any atom is -0.490 e. The lowest BCUT2D eigenvalue weighted by Gasteiger charge is -2.13. The summed E-state index contributed by atoms with van der Waals surface area (Å²) in [6.45, 7) is 2.04. The molecule has 3 rings (SSSR count). The van der Waals surface area contributed by atoms with Gasteiger partial charge in [0.1, 0.15) is 11.5 Å². The zero-order valence-electron chi connectivity index (χ0n) is 13.7. The van der Waals surface area contributed by atoms with Gasteiger partial charge in [0.15, 0.2) is 5.89 Å². The third-order valence-electron chi connectivity index (χ3n) is 4.04. The molecule has 0 amide bonds. The van der Waals surface area contributed by atoms with Crippen LogP contribution >= 0.6 is 0 Å².